The van der Waals surface area contributed by atoms with Gasteiger partial charge >= 0.3 is 0 Å². The third kappa shape index (κ3) is 3.59. The highest BCUT2D eigenvalue weighted by molar-refractivity contribution is 9.10. The van der Waals surface area contributed by atoms with Gasteiger partial charge in [0.1, 0.15) is 11.5 Å². The summed E-state index contributed by atoms with van der Waals surface area (Å²) < 4.78 is 12.0. The van der Waals surface area contributed by atoms with E-state index < -0.39 is 0 Å². The predicted octanol–water partition coefficient (Wildman–Crippen LogP) is 4.54. The summed E-state index contributed by atoms with van der Waals surface area (Å²) in [5, 5.41) is 5.55. The normalized spacial score (nSPS) is 12.2. The number of benzene rings is 1. The van der Waals surface area contributed by atoms with Crippen molar-refractivity contribution < 1.29 is 9.47 Å². The van der Waals surface area contributed by atoms with Gasteiger partial charge in [-0.25, -0.2) is 0 Å². The molecule has 0 aliphatic heterocycles. The minimum atomic E-state index is 0.0933. The number of hydrogen-bond acceptors (Lipinski definition) is 4. The van der Waals surface area contributed by atoms with Crippen molar-refractivity contribution in [2.24, 2.45) is 0 Å². The van der Waals surface area contributed by atoms with Crippen molar-refractivity contribution in [3.63, 3.8) is 0 Å². The van der Waals surface area contributed by atoms with E-state index in [-0.39, 0.29) is 6.04 Å². The maximum Gasteiger partial charge on any atom is 0.129 e. The predicted molar refractivity (Wildman–Crippen MR) is 91.8 cm³/mol. The van der Waals surface area contributed by atoms with Gasteiger partial charge in [0.2, 0.25) is 0 Å². The van der Waals surface area contributed by atoms with Crippen LogP contribution in [-0.4, -0.2) is 20.8 Å². The molecule has 1 N–H and O–H groups in total. The first-order chi connectivity index (χ1) is 10.1. The van der Waals surface area contributed by atoms with E-state index in [4.69, 9.17) is 9.47 Å². The van der Waals surface area contributed by atoms with E-state index in [2.05, 4.69) is 53.3 Å². The van der Waals surface area contributed by atoms with E-state index in [0.717, 1.165) is 33.6 Å². The second-order valence-electron chi connectivity index (χ2n) is 4.72. The van der Waals surface area contributed by atoms with E-state index in [0.29, 0.717) is 0 Å². The summed E-state index contributed by atoms with van der Waals surface area (Å²) in [6.07, 6.45) is 0. The lowest BCUT2D eigenvalue weighted by molar-refractivity contribution is 0.403. The monoisotopic (exact) mass is 369 g/mol. The molecule has 0 bridgehead atoms. The van der Waals surface area contributed by atoms with Crippen molar-refractivity contribution in [1.29, 1.82) is 0 Å². The summed E-state index contributed by atoms with van der Waals surface area (Å²) in [5.74, 6) is 1.79. The number of methoxy groups -OCH3 is 2. The van der Waals surface area contributed by atoms with E-state index in [9.17, 15) is 0 Å². The lowest BCUT2D eigenvalue weighted by Crippen LogP contribution is -2.21. The van der Waals surface area contributed by atoms with Crippen LogP contribution in [0.3, 0.4) is 0 Å². The average molecular weight is 370 g/mol. The van der Waals surface area contributed by atoms with Crippen molar-refractivity contribution in [3.8, 4) is 11.5 Å². The molecule has 2 aromatic rings. The SMILES string of the molecule is CCNC(c1cc(OC)cs1)c1cc(Br)c(C)cc1OC. The average Bonchev–Trinajstić information content (AvgIpc) is 2.96. The van der Waals surface area contributed by atoms with Gasteiger partial charge in [-0.2, -0.15) is 0 Å². The molecule has 114 valence electrons. The molecule has 0 amide bonds. The molecule has 1 unspecified atom stereocenters. The van der Waals surface area contributed by atoms with Gasteiger partial charge in [-0.15, -0.1) is 11.3 Å². The maximum absolute atomic E-state index is 5.58. The summed E-state index contributed by atoms with van der Waals surface area (Å²) >= 11 is 5.30. The van der Waals surface area contributed by atoms with Gasteiger partial charge in [0.15, 0.2) is 0 Å². The smallest absolute Gasteiger partial charge is 0.129 e. The van der Waals surface area contributed by atoms with Crippen molar-refractivity contribution in [2.75, 3.05) is 20.8 Å². The van der Waals surface area contributed by atoms with Gasteiger partial charge in [-0.05, 0) is 37.2 Å². The van der Waals surface area contributed by atoms with E-state index in [1.807, 2.05) is 5.38 Å². The van der Waals surface area contributed by atoms with Crippen LogP contribution in [0.2, 0.25) is 0 Å². The van der Waals surface area contributed by atoms with Crippen molar-refractivity contribution >= 4 is 27.3 Å². The first kappa shape index (κ1) is 16.3. The Kier molecular flexibility index (Phi) is 5.67. The van der Waals surface area contributed by atoms with Gasteiger partial charge in [-0.1, -0.05) is 22.9 Å². The van der Waals surface area contributed by atoms with Crippen molar-refractivity contribution in [3.05, 3.63) is 44.1 Å². The van der Waals surface area contributed by atoms with Crippen LogP contribution in [0.1, 0.15) is 29.0 Å². The van der Waals surface area contributed by atoms with Crippen LogP contribution in [0, 0.1) is 6.92 Å². The van der Waals surface area contributed by atoms with Crippen molar-refractivity contribution in [1.82, 2.24) is 5.32 Å². The Balaban J connectivity index is 2.49. The number of halogens is 1. The molecule has 1 aromatic heterocycles. The molecule has 2 rings (SSSR count). The molecule has 0 saturated carbocycles. The number of thiophene rings is 1. The van der Waals surface area contributed by atoms with Gasteiger partial charge < -0.3 is 14.8 Å². The number of hydrogen-bond donors (Lipinski definition) is 1. The maximum atomic E-state index is 5.58. The fraction of sp³-hybridized carbons (Fsp3) is 0.375. The second-order valence-corrected chi connectivity index (χ2v) is 6.52. The summed E-state index contributed by atoms with van der Waals surface area (Å²) in [6, 6.07) is 6.36. The topological polar surface area (TPSA) is 30.5 Å². The number of rotatable bonds is 6. The molecule has 5 heteroatoms. The first-order valence-electron chi connectivity index (χ1n) is 6.80. The molecule has 21 heavy (non-hydrogen) atoms. The van der Waals surface area contributed by atoms with Crippen LogP contribution >= 0.6 is 27.3 Å². The van der Waals surface area contributed by atoms with Crippen LogP contribution in [-0.2, 0) is 0 Å². The molecule has 0 radical (unpaired) electrons. The lowest BCUT2D eigenvalue weighted by Gasteiger charge is -2.20. The van der Waals surface area contributed by atoms with E-state index in [1.54, 1.807) is 25.6 Å². The summed E-state index contributed by atoms with van der Waals surface area (Å²) in [4.78, 5) is 1.21. The molecular formula is C16H20BrNO2S. The molecular weight excluding hydrogens is 350 g/mol. The number of aryl methyl sites for hydroxylation is 1. The summed E-state index contributed by atoms with van der Waals surface area (Å²) in [5.41, 5.74) is 2.29. The zero-order valence-electron chi connectivity index (χ0n) is 12.7. The summed E-state index contributed by atoms with van der Waals surface area (Å²) in [7, 11) is 3.40. The fourth-order valence-electron chi connectivity index (χ4n) is 2.23. The molecule has 0 spiro atoms. The van der Waals surface area contributed by atoms with E-state index in [1.165, 1.54) is 4.88 Å². The molecule has 1 heterocycles. The highest BCUT2D eigenvalue weighted by Gasteiger charge is 2.20. The van der Waals surface area contributed by atoms with E-state index >= 15 is 0 Å². The number of nitrogens with one attached hydrogen (secondary N) is 1. The highest BCUT2D eigenvalue weighted by atomic mass is 79.9. The lowest BCUT2D eigenvalue weighted by atomic mass is 10.0. The second kappa shape index (κ2) is 7.29. The molecule has 3 nitrogen and oxygen atoms in total. The fourth-order valence-corrected chi connectivity index (χ4v) is 3.54. The van der Waals surface area contributed by atoms with Gasteiger partial charge in [0.25, 0.3) is 0 Å². The Morgan fingerprint density at radius 2 is 2.00 bits per heavy atom. The Labute approximate surface area is 138 Å². The molecule has 1 atom stereocenters. The molecule has 1 aromatic carbocycles. The Morgan fingerprint density at radius 1 is 1.24 bits per heavy atom. The van der Waals surface area contributed by atoms with Gasteiger partial charge in [0, 0.05) is 20.3 Å². The Hall–Kier alpha value is -1.04. The molecule has 0 aliphatic rings. The largest absolute Gasteiger partial charge is 0.496 e. The van der Waals surface area contributed by atoms with Crippen molar-refractivity contribution in [2.45, 2.75) is 19.9 Å². The third-order valence-corrected chi connectivity index (χ3v) is 5.18. The van der Waals surface area contributed by atoms with Crippen LogP contribution in [0.15, 0.2) is 28.1 Å². The quantitative estimate of drug-likeness (QED) is 0.810. The standard InChI is InChI=1S/C16H20BrNO2S/c1-5-18-16(15-7-11(19-3)9-21-15)12-8-13(17)10(2)6-14(12)20-4/h6-9,16,18H,5H2,1-4H3. The summed E-state index contributed by atoms with van der Waals surface area (Å²) in [6.45, 7) is 5.04. The van der Waals surface area contributed by atoms with Crippen LogP contribution in [0.5, 0.6) is 11.5 Å². The zero-order valence-corrected chi connectivity index (χ0v) is 15.1. The van der Waals surface area contributed by atoms with Gasteiger partial charge in [-0.3, -0.25) is 0 Å². The van der Waals surface area contributed by atoms with Crippen LogP contribution in [0.4, 0.5) is 0 Å². The highest BCUT2D eigenvalue weighted by Crippen LogP contribution is 2.37. The van der Waals surface area contributed by atoms with Crippen LogP contribution < -0.4 is 14.8 Å². The van der Waals surface area contributed by atoms with Crippen LogP contribution in [0.25, 0.3) is 0 Å². The number of ether oxygens (including phenoxy) is 2. The molecule has 0 saturated heterocycles. The zero-order chi connectivity index (χ0) is 15.4. The first-order valence-corrected chi connectivity index (χ1v) is 8.47. The Morgan fingerprint density at radius 3 is 2.57 bits per heavy atom. The Bertz CT molecular complexity index is 612. The molecule has 0 aliphatic carbocycles. The van der Waals surface area contributed by atoms with Gasteiger partial charge in [0.05, 0.1) is 20.3 Å². The third-order valence-electron chi connectivity index (χ3n) is 3.35. The molecule has 0 fully saturated rings. The minimum absolute atomic E-state index is 0.0933. The minimum Gasteiger partial charge on any atom is -0.496 e.